The van der Waals surface area contributed by atoms with Crippen molar-refractivity contribution in [3.63, 3.8) is 0 Å². The third-order valence-corrected chi connectivity index (χ3v) is 6.50. The van der Waals surface area contributed by atoms with E-state index in [0.717, 1.165) is 43.7 Å². The van der Waals surface area contributed by atoms with Gasteiger partial charge in [0.05, 0.1) is 13.2 Å². The van der Waals surface area contributed by atoms with Gasteiger partial charge in [-0.25, -0.2) is 0 Å². The van der Waals surface area contributed by atoms with Gasteiger partial charge in [-0.15, -0.1) is 11.8 Å². The predicted octanol–water partition coefficient (Wildman–Crippen LogP) is 3.72. The molecule has 0 aromatic heterocycles. The van der Waals surface area contributed by atoms with Crippen molar-refractivity contribution in [3.05, 3.63) is 34.9 Å². The van der Waals surface area contributed by atoms with E-state index >= 15 is 0 Å². The lowest BCUT2D eigenvalue weighted by Crippen LogP contribution is -2.41. The molecule has 5 nitrogen and oxygen atoms in total. The molecular weight excluding hydrogens is 384 g/mol. The molecule has 148 valence electrons. The lowest BCUT2D eigenvalue weighted by molar-refractivity contribution is -0.143. The summed E-state index contributed by atoms with van der Waals surface area (Å²) in [6, 6.07) is 8.24. The van der Waals surface area contributed by atoms with Gasteiger partial charge in [-0.2, -0.15) is 0 Å². The van der Waals surface area contributed by atoms with Crippen molar-refractivity contribution in [3.8, 4) is 0 Å². The summed E-state index contributed by atoms with van der Waals surface area (Å²) in [6.45, 7) is 4.15. The fourth-order valence-electron chi connectivity index (χ4n) is 3.41. The van der Waals surface area contributed by atoms with Crippen molar-refractivity contribution >= 4 is 35.2 Å². The van der Waals surface area contributed by atoms with Crippen LogP contribution in [0.15, 0.2) is 24.3 Å². The molecule has 1 saturated heterocycles. The average Bonchev–Trinajstić information content (AvgIpc) is 3.38. The number of amides is 1. The number of nitrogens with zero attached hydrogens (tertiary/aromatic N) is 2. The van der Waals surface area contributed by atoms with Crippen LogP contribution in [0.2, 0.25) is 5.02 Å². The molecule has 27 heavy (non-hydrogen) atoms. The zero-order valence-electron chi connectivity index (χ0n) is 15.7. The van der Waals surface area contributed by atoms with Crippen LogP contribution in [0, 0.1) is 0 Å². The Morgan fingerprint density at radius 2 is 2.11 bits per heavy atom. The topological polar surface area (TPSA) is 49.9 Å². The maximum atomic E-state index is 13.0. The lowest BCUT2D eigenvalue weighted by Gasteiger charge is -2.28. The van der Waals surface area contributed by atoms with Crippen LogP contribution in [-0.2, 0) is 14.3 Å². The van der Waals surface area contributed by atoms with Crippen LogP contribution in [0.4, 0.5) is 0 Å². The molecule has 7 heteroatoms. The summed E-state index contributed by atoms with van der Waals surface area (Å²) in [5.41, 5.74) is 1.01. The summed E-state index contributed by atoms with van der Waals surface area (Å²) in [4.78, 5) is 28.7. The number of hydrogen-bond donors (Lipinski definition) is 0. The van der Waals surface area contributed by atoms with Crippen LogP contribution in [-0.4, -0.2) is 59.7 Å². The minimum atomic E-state index is -0.158. The number of ether oxygens (including phenoxy) is 1. The summed E-state index contributed by atoms with van der Waals surface area (Å²) >= 11 is 8.12. The fourth-order valence-corrected chi connectivity index (χ4v) is 5.03. The second kappa shape index (κ2) is 9.80. The maximum Gasteiger partial charge on any atom is 0.305 e. The van der Waals surface area contributed by atoms with E-state index in [1.807, 2.05) is 36.1 Å². The number of carbonyl (C=O) groups excluding carboxylic acids is 2. The molecule has 1 heterocycles. The zero-order valence-corrected chi connectivity index (χ0v) is 17.3. The molecule has 1 aliphatic carbocycles. The predicted molar refractivity (Wildman–Crippen MR) is 109 cm³/mol. The van der Waals surface area contributed by atoms with E-state index < -0.39 is 0 Å². The normalized spacial score (nSPS) is 19.5. The Morgan fingerprint density at radius 3 is 2.81 bits per heavy atom. The van der Waals surface area contributed by atoms with E-state index in [4.69, 9.17) is 16.3 Å². The van der Waals surface area contributed by atoms with Gasteiger partial charge < -0.3 is 9.64 Å². The van der Waals surface area contributed by atoms with Crippen molar-refractivity contribution in [2.75, 3.05) is 32.0 Å². The highest BCUT2D eigenvalue weighted by molar-refractivity contribution is 7.99. The number of hydrogen-bond acceptors (Lipinski definition) is 5. The summed E-state index contributed by atoms with van der Waals surface area (Å²) in [6.07, 6.45) is 3.41. The van der Waals surface area contributed by atoms with Gasteiger partial charge in [-0.05, 0) is 38.8 Å². The van der Waals surface area contributed by atoms with E-state index in [1.165, 1.54) is 0 Å². The first-order chi connectivity index (χ1) is 13.1. The fraction of sp³-hybridized carbons (Fsp3) is 0.600. The Hall–Kier alpha value is -1.24. The van der Waals surface area contributed by atoms with Gasteiger partial charge in [0, 0.05) is 35.3 Å². The van der Waals surface area contributed by atoms with Gasteiger partial charge in [0.1, 0.15) is 5.37 Å². The Bertz CT molecular complexity index is 668. The molecule has 1 saturated carbocycles. The first-order valence-corrected chi connectivity index (χ1v) is 11.1. The molecule has 1 atom stereocenters. The highest BCUT2D eigenvalue weighted by Crippen LogP contribution is 2.41. The third-order valence-electron chi connectivity index (χ3n) is 4.92. The van der Waals surface area contributed by atoms with Gasteiger partial charge in [-0.3, -0.25) is 14.5 Å². The number of thioether (sulfide) groups is 1. The number of rotatable bonds is 9. The number of benzene rings is 1. The molecule has 0 spiro atoms. The van der Waals surface area contributed by atoms with E-state index in [-0.39, 0.29) is 17.3 Å². The number of esters is 1. The highest BCUT2D eigenvalue weighted by atomic mass is 35.5. The van der Waals surface area contributed by atoms with Crippen LogP contribution in [0.3, 0.4) is 0 Å². The molecule has 1 aromatic carbocycles. The Kier molecular flexibility index (Phi) is 7.44. The molecular formula is C20H27ClN2O3S. The smallest absolute Gasteiger partial charge is 0.305 e. The van der Waals surface area contributed by atoms with Crippen molar-refractivity contribution < 1.29 is 14.3 Å². The minimum absolute atomic E-state index is 0.00761. The SMILES string of the molecule is CCOC(=O)CCCN(CC(=O)N1CCS[C@@H]1c1ccccc1Cl)C1CC1. The first-order valence-electron chi connectivity index (χ1n) is 9.65. The molecule has 2 fully saturated rings. The largest absolute Gasteiger partial charge is 0.466 e. The van der Waals surface area contributed by atoms with Gasteiger partial charge in [-0.1, -0.05) is 29.8 Å². The monoisotopic (exact) mass is 410 g/mol. The Labute approximate surface area is 170 Å². The van der Waals surface area contributed by atoms with Gasteiger partial charge in [0.25, 0.3) is 0 Å². The quantitative estimate of drug-likeness (QED) is 0.580. The van der Waals surface area contributed by atoms with Crippen LogP contribution in [0.5, 0.6) is 0 Å². The number of halogens is 1. The van der Waals surface area contributed by atoms with Crippen molar-refractivity contribution in [1.29, 1.82) is 0 Å². The van der Waals surface area contributed by atoms with Crippen molar-refractivity contribution in [1.82, 2.24) is 9.80 Å². The molecule has 0 bridgehead atoms. The Balaban J connectivity index is 1.57. The second-order valence-electron chi connectivity index (χ2n) is 6.94. The summed E-state index contributed by atoms with van der Waals surface area (Å²) in [5, 5.41) is 0.704. The van der Waals surface area contributed by atoms with Crippen LogP contribution in [0.1, 0.15) is 43.5 Å². The highest BCUT2D eigenvalue weighted by Gasteiger charge is 2.35. The van der Waals surface area contributed by atoms with Crippen molar-refractivity contribution in [2.45, 2.75) is 44.0 Å². The van der Waals surface area contributed by atoms with Gasteiger partial charge in [0.15, 0.2) is 0 Å². The van der Waals surface area contributed by atoms with E-state index in [0.29, 0.717) is 30.6 Å². The van der Waals surface area contributed by atoms with Crippen LogP contribution >= 0.6 is 23.4 Å². The molecule has 0 unspecified atom stereocenters. The van der Waals surface area contributed by atoms with Crippen LogP contribution in [0.25, 0.3) is 0 Å². The Morgan fingerprint density at radius 1 is 1.33 bits per heavy atom. The lowest BCUT2D eigenvalue weighted by atomic mass is 10.2. The number of carbonyl (C=O) groups is 2. The van der Waals surface area contributed by atoms with Crippen LogP contribution < -0.4 is 0 Å². The summed E-state index contributed by atoms with van der Waals surface area (Å²) in [5.74, 6) is 0.913. The molecule has 0 radical (unpaired) electrons. The maximum absolute atomic E-state index is 13.0. The molecule has 0 N–H and O–H groups in total. The van der Waals surface area contributed by atoms with Gasteiger partial charge in [0.2, 0.25) is 5.91 Å². The third kappa shape index (κ3) is 5.62. The van der Waals surface area contributed by atoms with E-state index in [1.54, 1.807) is 11.8 Å². The van der Waals surface area contributed by atoms with Crippen molar-refractivity contribution in [2.24, 2.45) is 0 Å². The van der Waals surface area contributed by atoms with E-state index in [9.17, 15) is 9.59 Å². The molecule has 3 rings (SSSR count). The molecule has 1 aliphatic heterocycles. The van der Waals surface area contributed by atoms with Gasteiger partial charge >= 0.3 is 5.97 Å². The summed E-state index contributed by atoms with van der Waals surface area (Å²) < 4.78 is 4.99. The minimum Gasteiger partial charge on any atom is -0.466 e. The second-order valence-corrected chi connectivity index (χ2v) is 8.54. The average molecular weight is 411 g/mol. The zero-order chi connectivity index (χ0) is 19.2. The molecule has 1 aromatic rings. The summed E-state index contributed by atoms with van der Waals surface area (Å²) in [7, 11) is 0. The van der Waals surface area contributed by atoms with E-state index in [2.05, 4.69) is 4.90 Å². The molecule has 1 amide bonds. The first kappa shape index (κ1) is 20.5. The standard InChI is InChI=1S/C20H27ClN2O3S/c1-2-26-19(25)8-5-11-22(15-9-10-15)14-18(24)23-12-13-27-20(23)16-6-3-4-7-17(16)21/h3-4,6-7,15,20H,2,5,8-14H2,1H3/t20-/m1/s1. The molecule has 2 aliphatic rings.